The third-order valence-corrected chi connectivity index (χ3v) is 4.62. The van der Waals surface area contributed by atoms with Gasteiger partial charge in [-0.2, -0.15) is 5.10 Å². The Labute approximate surface area is 145 Å². The highest BCUT2D eigenvalue weighted by Crippen LogP contribution is 2.22. The number of fused-ring (bicyclic) bond motifs is 2. The van der Waals surface area contributed by atoms with Crippen LogP contribution in [0, 0.1) is 0 Å². The molecule has 4 rings (SSSR count). The minimum Gasteiger partial charge on any atom is -0.355 e. The average molecular weight is 334 g/mol. The predicted molar refractivity (Wildman–Crippen MR) is 93.0 cm³/mol. The molecule has 126 valence electrons. The van der Waals surface area contributed by atoms with E-state index in [1.165, 1.54) is 11.1 Å². The fourth-order valence-corrected chi connectivity index (χ4v) is 3.30. The molecule has 6 heteroatoms. The van der Waals surface area contributed by atoms with E-state index in [2.05, 4.69) is 22.5 Å². The molecule has 3 aromatic rings. The maximum absolute atomic E-state index is 13.0. The molecule has 25 heavy (non-hydrogen) atoms. The molecule has 2 aromatic heterocycles. The molecule has 0 unspecified atom stereocenters. The van der Waals surface area contributed by atoms with Crippen molar-refractivity contribution in [2.24, 2.45) is 0 Å². The Morgan fingerprint density at radius 2 is 2.08 bits per heavy atom. The minimum absolute atomic E-state index is 0.00926. The molecule has 0 aliphatic carbocycles. The number of hydrogen-bond acceptors (Lipinski definition) is 3. The normalized spacial score (nSPS) is 13.5. The number of carbonyl (C=O) groups is 2. The van der Waals surface area contributed by atoms with Crippen molar-refractivity contribution in [2.75, 3.05) is 6.54 Å². The topological polar surface area (TPSA) is 66.7 Å². The van der Waals surface area contributed by atoms with E-state index in [0.29, 0.717) is 31.6 Å². The Balaban J connectivity index is 1.63. The fraction of sp³-hybridized carbons (Fsp3) is 0.211. The number of nitrogens with one attached hydrogen (secondary N) is 1. The maximum atomic E-state index is 13.0. The van der Waals surface area contributed by atoms with Crippen LogP contribution in [0.1, 0.15) is 27.0 Å². The fourth-order valence-electron chi connectivity index (χ4n) is 3.30. The standard InChI is InChI=1S/C19H18N4O2/c24-13-20-10-14-5-8-23-18(9-14)17(11-21-23)19(25)22-7-6-15-3-1-2-4-16(15)12-22/h1-5,8-9,11,13H,6-7,10,12H2,(H,20,24). The van der Waals surface area contributed by atoms with Gasteiger partial charge >= 0.3 is 0 Å². The van der Waals surface area contributed by atoms with E-state index in [1.54, 1.807) is 16.9 Å². The van der Waals surface area contributed by atoms with E-state index in [0.717, 1.165) is 17.5 Å². The Morgan fingerprint density at radius 1 is 1.24 bits per heavy atom. The molecule has 1 aliphatic heterocycles. The molecule has 0 bridgehead atoms. The monoisotopic (exact) mass is 334 g/mol. The van der Waals surface area contributed by atoms with Gasteiger partial charge in [0.05, 0.1) is 17.3 Å². The van der Waals surface area contributed by atoms with E-state index >= 15 is 0 Å². The van der Waals surface area contributed by atoms with E-state index < -0.39 is 0 Å². The van der Waals surface area contributed by atoms with Crippen molar-refractivity contribution < 1.29 is 9.59 Å². The van der Waals surface area contributed by atoms with Crippen LogP contribution in [0.25, 0.3) is 5.52 Å². The number of aromatic nitrogens is 2. The van der Waals surface area contributed by atoms with Gasteiger partial charge in [-0.15, -0.1) is 0 Å². The van der Waals surface area contributed by atoms with Crippen LogP contribution in [-0.2, 0) is 24.3 Å². The summed E-state index contributed by atoms with van der Waals surface area (Å²) in [6, 6.07) is 12.0. The van der Waals surface area contributed by atoms with E-state index in [9.17, 15) is 9.59 Å². The Bertz CT molecular complexity index is 948. The number of rotatable bonds is 4. The molecule has 1 aliphatic rings. The van der Waals surface area contributed by atoms with Crippen LogP contribution in [0.15, 0.2) is 48.8 Å². The summed E-state index contributed by atoms with van der Waals surface area (Å²) in [5.74, 6) is -0.00926. The summed E-state index contributed by atoms with van der Waals surface area (Å²) in [6.07, 6.45) is 4.96. The summed E-state index contributed by atoms with van der Waals surface area (Å²) >= 11 is 0. The Kier molecular flexibility index (Phi) is 3.93. The summed E-state index contributed by atoms with van der Waals surface area (Å²) < 4.78 is 1.69. The number of nitrogens with zero attached hydrogens (tertiary/aromatic N) is 3. The van der Waals surface area contributed by atoms with Crippen molar-refractivity contribution in [1.29, 1.82) is 0 Å². The van der Waals surface area contributed by atoms with Gasteiger partial charge in [-0.05, 0) is 35.2 Å². The Hall–Kier alpha value is -3.15. The highest BCUT2D eigenvalue weighted by atomic mass is 16.2. The zero-order valence-electron chi connectivity index (χ0n) is 13.7. The minimum atomic E-state index is -0.00926. The molecule has 0 spiro atoms. The summed E-state index contributed by atoms with van der Waals surface area (Å²) in [5.41, 5.74) is 4.79. The van der Waals surface area contributed by atoms with Crippen molar-refractivity contribution in [3.05, 3.63) is 71.0 Å². The summed E-state index contributed by atoms with van der Waals surface area (Å²) in [4.78, 5) is 25.4. The van der Waals surface area contributed by atoms with Gasteiger partial charge < -0.3 is 10.2 Å². The summed E-state index contributed by atoms with van der Waals surface area (Å²) in [6.45, 7) is 1.76. The third kappa shape index (κ3) is 2.87. The molecule has 0 fully saturated rings. The number of carbonyl (C=O) groups excluding carboxylic acids is 2. The second-order valence-electron chi connectivity index (χ2n) is 6.17. The first kappa shape index (κ1) is 15.4. The molecule has 2 amide bonds. The highest BCUT2D eigenvalue weighted by Gasteiger charge is 2.24. The summed E-state index contributed by atoms with van der Waals surface area (Å²) in [5, 5.41) is 6.92. The van der Waals surface area contributed by atoms with Crippen molar-refractivity contribution in [3.8, 4) is 0 Å². The number of pyridine rings is 1. The number of benzene rings is 1. The van der Waals surface area contributed by atoms with E-state index in [-0.39, 0.29) is 5.91 Å². The SMILES string of the molecule is O=CNCc1ccn2ncc(C(=O)N3CCc4ccccc4C3)c2c1. The van der Waals surface area contributed by atoms with Crippen molar-refractivity contribution in [3.63, 3.8) is 0 Å². The quantitative estimate of drug-likeness (QED) is 0.740. The van der Waals surface area contributed by atoms with Gasteiger partial charge in [-0.3, -0.25) is 9.59 Å². The van der Waals surface area contributed by atoms with Gasteiger partial charge in [0.1, 0.15) is 0 Å². The number of hydrogen-bond donors (Lipinski definition) is 1. The molecule has 0 atom stereocenters. The van der Waals surface area contributed by atoms with Gasteiger partial charge in [0, 0.05) is 25.8 Å². The van der Waals surface area contributed by atoms with Crippen molar-refractivity contribution in [2.45, 2.75) is 19.5 Å². The molecule has 3 heterocycles. The van der Waals surface area contributed by atoms with Crippen LogP contribution in [0.2, 0.25) is 0 Å². The van der Waals surface area contributed by atoms with Gasteiger partial charge in [0.25, 0.3) is 5.91 Å². The largest absolute Gasteiger partial charge is 0.355 e. The molecule has 1 N–H and O–H groups in total. The van der Waals surface area contributed by atoms with Crippen LogP contribution in [0.4, 0.5) is 0 Å². The predicted octanol–water partition coefficient (Wildman–Crippen LogP) is 1.78. The maximum Gasteiger partial charge on any atom is 0.258 e. The molecule has 0 saturated carbocycles. The van der Waals surface area contributed by atoms with Crippen molar-refractivity contribution >= 4 is 17.8 Å². The molecule has 6 nitrogen and oxygen atoms in total. The van der Waals surface area contributed by atoms with Crippen molar-refractivity contribution in [1.82, 2.24) is 19.8 Å². The molecule has 0 radical (unpaired) electrons. The highest BCUT2D eigenvalue weighted by molar-refractivity contribution is 6.00. The van der Waals surface area contributed by atoms with Gasteiger partial charge in [-0.25, -0.2) is 4.52 Å². The summed E-state index contributed by atoms with van der Waals surface area (Å²) in [7, 11) is 0. The van der Waals surface area contributed by atoms with Gasteiger partial charge in [0.15, 0.2) is 0 Å². The second kappa shape index (κ2) is 6.39. The van der Waals surface area contributed by atoms with Crippen LogP contribution in [0.3, 0.4) is 0 Å². The zero-order valence-corrected chi connectivity index (χ0v) is 13.7. The van der Waals surface area contributed by atoms with E-state index in [1.807, 2.05) is 29.2 Å². The average Bonchev–Trinajstić information content (AvgIpc) is 3.08. The first-order valence-electron chi connectivity index (χ1n) is 8.25. The lowest BCUT2D eigenvalue weighted by Crippen LogP contribution is -2.35. The molecular weight excluding hydrogens is 316 g/mol. The van der Waals surface area contributed by atoms with Gasteiger partial charge in [0.2, 0.25) is 6.41 Å². The smallest absolute Gasteiger partial charge is 0.258 e. The van der Waals surface area contributed by atoms with Crippen LogP contribution >= 0.6 is 0 Å². The van der Waals surface area contributed by atoms with Crippen LogP contribution in [0.5, 0.6) is 0 Å². The van der Waals surface area contributed by atoms with Crippen LogP contribution in [-0.4, -0.2) is 33.4 Å². The lowest BCUT2D eigenvalue weighted by atomic mass is 9.99. The number of amides is 2. The first-order valence-corrected chi connectivity index (χ1v) is 8.25. The lowest BCUT2D eigenvalue weighted by Gasteiger charge is -2.28. The van der Waals surface area contributed by atoms with E-state index in [4.69, 9.17) is 0 Å². The molecular formula is C19H18N4O2. The first-order chi connectivity index (χ1) is 12.3. The third-order valence-electron chi connectivity index (χ3n) is 4.62. The molecule has 0 saturated heterocycles. The lowest BCUT2D eigenvalue weighted by molar-refractivity contribution is -0.109. The Morgan fingerprint density at radius 3 is 2.92 bits per heavy atom. The van der Waals surface area contributed by atoms with Crippen LogP contribution < -0.4 is 5.32 Å². The van der Waals surface area contributed by atoms with Gasteiger partial charge in [-0.1, -0.05) is 24.3 Å². The zero-order chi connectivity index (χ0) is 17.2. The molecule has 1 aromatic carbocycles. The second-order valence-corrected chi connectivity index (χ2v) is 6.17.